The van der Waals surface area contributed by atoms with Gasteiger partial charge in [-0.25, -0.2) is 0 Å². The molecule has 43 heavy (non-hydrogen) atoms. The van der Waals surface area contributed by atoms with Crippen LogP contribution in [-0.4, -0.2) is 40.5 Å². The van der Waals surface area contributed by atoms with E-state index >= 15 is 0 Å². The van der Waals surface area contributed by atoms with Crippen molar-refractivity contribution < 1.29 is 9.59 Å². The first-order valence-electron chi connectivity index (χ1n) is 14.7. The van der Waals surface area contributed by atoms with Crippen LogP contribution in [0, 0.1) is 17.2 Å². The molecule has 0 aromatic heterocycles. The van der Waals surface area contributed by atoms with Gasteiger partial charge in [-0.3, -0.25) is 20.0 Å². The van der Waals surface area contributed by atoms with Crippen LogP contribution in [0.5, 0.6) is 0 Å². The van der Waals surface area contributed by atoms with Crippen LogP contribution in [0.4, 0.5) is 0 Å². The van der Waals surface area contributed by atoms with Gasteiger partial charge in [-0.2, -0.15) is 0 Å². The molecule has 5 rings (SSSR count). The zero-order chi connectivity index (χ0) is 30.9. The van der Waals surface area contributed by atoms with Crippen LogP contribution in [0.15, 0.2) is 71.7 Å². The molecule has 1 fully saturated rings. The zero-order valence-corrected chi connectivity index (χ0v) is 26.2. The summed E-state index contributed by atoms with van der Waals surface area (Å²) in [4.78, 5) is 34.2. The summed E-state index contributed by atoms with van der Waals surface area (Å²) in [5.41, 5.74) is 9.28. The molecule has 0 bridgehead atoms. The Morgan fingerprint density at radius 3 is 2.14 bits per heavy atom. The summed E-state index contributed by atoms with van der Waals surface area (Å²) < 4.78 is 0. The number of carbonyl (C=O) groups excluding carboxylic acids is 2. The smallest absolute Gasteiger partial charge is 0.275 e. The van der Waals surface area contributed by atoms with Crippen molar-refractivity contribution >= 4 is 46.6 Å². The van der Waals surface area contributed by atoms with Crippen molar-refractivity contribution in [2.45, 2.75) is 58.2 Å². The molecule has 1 spiro atoms. The first-order chi connectivity index (χ1) is 20.5. The standard InChI is InChI=1S/C34H37Cl2N5O2/c1-4-29(23-7-11-25(12-8-23)32(42)39-19-30(37)38)41-33(43)31(40-34(41)17-20(2)13-21(3)18-34)24-9-5-22(6-10-24)26-14-27(35)16-28(36)15-26/h5-12,14-16,20-21,29H,4,13,17-19H2,1-3H3,(H3,37,38)(H,39,42). The molecule has 3 unspecified atom stereocenters. The zero-order valence-electron chi connectivity index (χ0n) is 24.7. The number of aliphatic imine (C=N–C) groups is 1. The Bertz CT molecular complexity index is 1540. The molecule has 1 aliphatic carbocycles. The van der Waals surface area contributed by atoms with Crippen molar-refractivity contribution in [1.29, 1.82) is 5.41 Å². The van der Waals surface area contributed by atoms with Crippen molar-refractivity contribution in [2.75, 3.05) is 6.54 Å². The summed E-state index contributed by atoms with van der Waals surface area (Å²) >= 11 is 12.5. The molecule has 1 heterocycles. The summed E-state index contributed by atoms with van der Waals surface area (Å²) in [6, 6.07) is 20.4. The maximum Gasteiger partial charge on any atom is 0.275 e. The molecule has 1 saturated carbocycles. The lowest BCUT2D eigenvalue weighted by Gasteiger charge is -2.47. The number of amides is 2. The second-order valence-corrected chi connectivity index (χ2v) is 12.8. The highest BCUT2D eigenvalue weighted by Gasteiger charge is 2.52. The van der Waals surface area contributed by atoms with Crippen molar-refractivity contribution in [3.05, 3.63) is 93.5 Å². The molecule has 2 amide bonds. The lowest BCUT2D eigenvalue weighted by Crippen LogP contribution is -2.52. The highest BCUT2D eigenvalue weighted by atomic mass is 35.5. The second kappa shape index (κ2) is 12.5. The van der Waals surface area contributed by atoms with Crippen molar-refractivity contribution in [1.82, 2.24) is 10.2 Å². The molecule has 4 N–H and O–H groups in total. The summed E-state index contributed by atoms with van der Waals surface area (Å²) in [7, 11) is 0. The van der Waals surface area contributed by atoms with E-state index in [9.17, 15) is 9.59 Å². The average Bonchev–Trinajstić information content (AvgIpc) is 3.22. The topological polar surface area (TPSA) is 112 Å². The third-order valence-electron chi connectivity index (χ3n) is 8.39. The maximum atomic E-state index is 14.4. The molecular weight excluding hydrogens is 581 g/mol. The number of halogens is 2. The van der Waals surface area contributed by atoms with Gasteiger partial charge in [0.05, 0.1) is 12.6 Å². The number of rotatable bonds is 8. The lowest BCUT2D eigenvalue weighted by molar-refractivity contribution is -0.134. The van der Waals surface area contributed by atoms with Gasteiger partial charge in [-0.1, -0.05) is 80.4 Å². The third kappa shape index (κ3) is 6.48. The van der Waals surface area contributed by atoms with E-state index in [4.69, 9.17) is 39.3 Å². The first-order valence-corrected chi connectivity index (χ1v) is 15.5. The van der Waals surface area contributed by atoms with E-state index in [0.717, 1.165) is 41.5 Å². The number of benzene rings is 3. The summed E-state index contributed by atoms with van der Waals surface area (Å²) in [5, 5.41) is 11.1. The molecule has 7 nitrogen and oxygen atoms in total. The minimum absolute atomic E-state index is 0.00667. The Labute approximate surface area is 263 Å². The Morgan fingerprint density at radius 1 is 1.00 bits per heavy atom. The highest BCUT2D eigenvalue weighted by Crippen LogP contribution is 2.48. The highest BCUT2D eigenvalue weighted by molar-refractivity contribution is 6.46. The largest absolute Gasteiger partial charge is 0.386 e. The fourth-order valence-corrected chi connectivity index (χ4v) is 7.34. The second-order valence-electron chi connectivity index (χ2n) is 12.0. The van der Waals surface area contributed by atoms with Crippen molar-refractivity contribution in [3.8, 4) is 11.1 Å². The molecular formula is C34H37Cl2N5O2. The Kier molecular flexibility index (Phi) is 8.95. The van der Waals surface area contributed by atoms with Crippen LogP contribution >= 0.6 is 23.2 Å². The van der Waals surface area contributed by atoms with Gasteiger partial charge >= 0.3 is 0 Å². The van der Waals surface area contributed by atoms with Gasteiger partial charge in [0, 0.05) is 21.2 Å². The molecule has 224 valence electrons. The summed E-state index contributed by atoms with van der Waals surface area (Å²) in [6.07, 6.45) is 3.40. The van der Waals surface area contributed by atoms with E-state index in [2.05, 4.69) is 26.1 Å². The summed E-state index contributed by atoms with van der Waals surface area (Å²) in [5.74, 6) is 0.357. The van der Waals surface area contributed by atoms with Gasteiger partial charge in [0.1, 0.15) is 17.2 Å². The number of amidine groups is 1. The quantitative estimate of drug-likeness (QED) is 0.183. The van der Waals surface area contributed by atoms with Gasteiger partial charge in [-0.15, -0.1) is 0 Å². The fourth-order valence-electron chi connectivity index (χ4n) is 6.82. The van der Waals surface area contributed by atoms with Crippen molar-refractivity contribution in [3.63, 3.8) is 0 Å². The normalized spacial score (nSPS) is 22.4. The molecule has 2 aliphatic rings. The van der Waals surface area contributed by atoms with E-state index in [1.807, 2.05) is 53.4 Å². The fraction of sp³-hybridized carbons (Fsp3) is 0.353. The Morgan fingerprint density at radius 2 is 1.58 bits per heavy atom. The van der Waals surface area contributed by atoms with Crippen LogP contribution < -0.4 is 11.1 Å². The molecule has 3 atom stereocenters. The summed E-state index contributed by atoms with van der Waals surface area (Å²) in [6.45, 7) is 6.56. The van der Waals surface area contributed by atoms with Crippen LogP contribution in [0.2, 0.25) is 10.0 Å². The number of hydrogen-bond donors (Lipinski definition) is 3. The Balaban J connectivity index is 1.48. The number of nitrogens with one attached hydrogen (secondary N) is 2. The number of hydrogen-bond acceptors (Lipinski definition) is 4. The average molecular weight is 619 g/mol. The van der Waals surface area contributed by atoms with Gasteiger partial charge in [0.15, 0.2) is 0 Å². The molecule has 9 heteroatoms. The van der Waals surface area contributed by atoms with Crippen molar-refractivity contribution in [2.24, 2.45) is 22.6 Å². The van der Waals surface area contributed by atoms with E-state index in [0.29, 0.717) is 39.6 Å². The molecule has 3 aromatic carbocycles. The Hall–Kier alpha value is -3.68. The maximum absolute atomic E-state index is 14.4. The van der Waals surface area contributed by atoms with Crippen LogP contribution in [0.25, 0.3) is 11.1 Å². The van der Waals surface area contributed by atoms with E-state index in [-0.39, 0.29) is 30.2 Å². The predicted molar refractivity (Wildman–Crippen MR) is 174 cm³/mol. The minimum atomic E-state index is -0.638. The SMILES string of the molecule is CCC(c1ccc(C(=O)NCC(=N)N)cc1)N1C(=O)C(c2ccc(-c3cc(Cl)cc(Cl)c3)cc2)=NC12CC(C)CC(C)C2. The number of nitrogens with two attached hydrogens (primary N) is 1. The first kappa shape index (κ1) is 30.8. The molecule has 3 aromatic rings. The van der Waals surface area contributed by atoms with E-state index < -0.39 is 5.66 Å². The van der Waals surface area contributed by atoms with Crippen LogP contribution in [-0.2, 0) is 4.79 Å². The van der Waals surface area contributed by atoms with Crippen LogP contribution in [0.3, 0.4) is 0 Å². The molecule has 1 aliphatic heterocycles. The predicted octanol–water partition coefficient (Wildman–Crippen LogP) is 7.26. The monoisotopic (exact) mass is 617 g/mol. The number of nitrogens with zero attached hydrogens (tertiary/aromatic N) is 2. The third-order valence-corrected chi connectivity index (χ3v) is 8.83. The minimum Gasteiger partial charge on any atom is -0.386 e. The van der Waals surface area contributed by atoms with Gasteiger partial charge in [0.25, 0.3) is 11.8 Å². The molecule has 0 saturated heterocycles. The van der Waals surface area contributed by atoms with E-state index in [1.165, 1.54) is 0 Å². The number of carbonyl (C=O) groups is 2. The van der Waals surface area contributed by atoms with E-state index in [1.54, 1.807) is 18.2 Å². The molecule has 0 radical (unpaired) electrons. The lowest BCUT2D eigenvalue weighted by atomic mass is 9.75. The van der Waals surface area contributed by atoms with Gasteiger partial charge < -0.3 is 16.0 Å². The van der Waals surface area contributed by atoms with Gasteiger partial charge in [0.2, 0.25) is 0 Å². The van der Waals surface area contributed by atoms with Crippen LogP contribution in [0.1, 0.15) is 74.0 Å². The van der Waals surface area contributed by atoms with Gasteiger partial charge in [-0.05, 0) is 84.5 Å².